The average molecular weight is 252 g/mol. The smallest absolute Gasteiger partial charge is 0.153 e. The number of benzene rings is 1. The van der Waals surface area contributed by atoms with Gasteiger partial charge in [0.15, 0.2) is 5.58 Å². The van der Waals surface area contributed by atoms with Crippen LogP contribution in [0.2, 0.25) is 5.02 Å². The van der Waals surface area contributed by atoms with Crippen LogP contribution in [0.1, 0.15) is 30.7 Å². The highest BCUT2D eigenvalue weighted by molar-refractivity contribution is 6.35. The highest BCUT2D eigenvalue weighted by atomic mass is 35.5. The molecule has 2 aromatic rings. The number of furan rings is 1. The minimum atomic E-state index is 0.706. The van der Waals surface area contributed by atoms with Gasteiger partial charge in [0.1, 0.15) is 5.76 Å². The molecule has 0 spiro atoms. The van der Waals surface area contributed by atoms with E-state index in [4.69, 9.17) is 16.0 Å². The van der Waals surface area contributed by atoms with E-state index in [1.54, 1.807) is 0 Å². The van der Waals surface area contributed by atoms with Gasteiger partial charge in [0.05, 0.1) is 11.6 Å². The third-order valence-corrected chi connectivity index (χ3v) is 3.24. The van der Waals surface area contributed by atoms with Gasteiger partial charge in [-0.15, -0.1) is 0 Å². The molecule has 2 nitrogen and oxygen atoms in total. The summed E-state index contributed by atoms with van der Waals surface area (Å²) in [6.07, 6.45) is 0.966. The van der Waals surface area contributed by atoms with Gasteiger partial charge in [-0.25, -0.2) is 0 Å². The van der Waals surface area contributed by atoms with Gasteiger partial charge in [-0.3, -0.25) is 0 Å². The molecule has 0 saturated heterocycles. The molecule has 1 aromatic carbocycles. The normalized spacial score (nSPS) is 11.3. The molecule has 92 valence electrons. The van der Waals surface area contributed by atoms with Crippen LogP contribution in [0.15, 0.2) is 16.5 Å². The van der Waals surface area contributed by atoms with Crippen molar-refractivity contribution in [3.8, 4) is 0 Å². The van der Waals surface area contributed by atoms with Crippen molar-refractivity contribution in [1.29, 1.82) is 0 Å². The molecule has 0 unspecified atom stereocenters. The molecule has 0 saturated carbocycles. The van der Waals surface area contributed by atoms with Crippen molar-refractivity contribution in [2.45, 2.75) is 33.7 Å². The van der Waals surface area contributed by atoms with E-state index in [0.717, 1.165) is 36.2 Å². The lowest BCUT2D eigenvalue weighted by molar-refractivity contribution is 0.514. The van der Waals surface area contributed by atoms with E-state index in [1.165, 1.54) is 11.1 Å². The van der Waals surface area contributed by atoms with Crippen LogP contribution in [-0.4, -0.2) is 6.54 Å². The summed E-state index contributed by atoms with van der Waals surface area (Å²) < 4.78 is 5.88. The molecule has 1 heterocycles. The van der Waals surface area contributed by atoms with Crippen molar-refractivity contribution >= 4 is 22.6 Å². The van der Waals surface area contributed by atoms with Crippen molar-refractivity contribution in [2.24, 2.45) is 0 Å². The fourth-order valence-corrected chi connectivity index (χ4v) is 2.47. The zero-order valence-electron chi connectivity index (χ0n) is 10.6. The molecule has 0 aliphatic rings. The van der Waals surface area contributed by atoms with Crippen LogP contribution in [0.4, 0.5) is 0 Å². The Morgan fingerprint density at radius 2 is 2.06 bits per heavy atom. The fraction of sp³-hybridized carbons (Fsp3) is 0.429. The predicted octanol–water partition coefficient (Wildman–Crippen LogP) is 4.07. The minimum absolute atomic E-state index is 0.706. The molecule has 0 fully saturated rings. The van der Waals surface area contributed by atoms with Crippen LogP contribution in [0.5, 0.6) is 0 Å². The highest BCUT2D eigenvalue weighted by Gasteiger charge is 2.14. The second-order valence-corrected chi connectivity index (χ2v) is 4.67. The lowest BCUT2D eigenvalue weighted by Gasteiger charge is -2.00. The van der Waals surface area contributed by atoms with Gasteiger partial charge >= 0.3 is 0 Å². The second-order valence-electron chi connectivity index (χ2n) is 4.26. The lowest BCUT2D eigenvalue weighted by Crippen LogP contribution is -2.12. The number of aryl methyl sites for hydroxylation is 2. The molecular formula is C14H18ClNO. The Balaban J connectivity index is 2.58. The van der Waals surface area contributed by atoms with Crippen LogP contribution < -0.4 is 5.32 Å². The number of rotatable bonds is 4. The zero-order valence-corrected chi connectivity index (χ0v) is 11.3. The van der Waals surface area contributed by atoms with Crippen molar-refractivity contribution in [2.75, 3.05) is 6.54 Å². The monoisotopic (exact) mass is 251 g/mol. The Morgan fingerprint density at radius 3 is 2.71 bits per heavy atom. The molecule has 0 aliphatic carbocycles. The Labute approximate surface area is 107 Å². The summed E-state index contributed by atoms with van der Waals surface area (Å²) in [5.74, 6) is 1.01. The number of halogens is 1. The molecule has 2 rings (SSSR count). The first-order valence-corrected chi connectivity index (χ1v) is 6.46. The largest absolute Gasteiger partial charge is 0.458 e. The van der Waals surface area contributed by atoms with Gasteiger partial charge in [0, 0.05) is 10.9 Å². The standard InChI is InChI=1S/C14H18ClNO/c1-4-10-11-6-9(3)7-12(15)14(11)17-13(10)8-16-5-2/h6-7,16H,4-5,8H2,1-3H3. The first-order chi connectivity index (χ1) is 8.17. The summed E-state index contributed by atoms with van der Waals surface area (Å²) in [5.41, 5.74) is 3.27. The maximum atomic E-state index is 6.22. The molecule has 0 atom stereocenters. The summed E-state index contributed by atoms with van der Waals surface area (Å²) >= 11 is 6.22. The second kappa shape index (κ2) is 5.11. The molecule has 1 N–H and O–H groups in total. The van der Waals surface area contributed by atoms with E-state index >= 15 is 0 Å². The zero-order chi connectivity index (χ0) is 12.4. The van der Waals surface area contributed by atoms with Gasteiger partial charge in [-0.2, -0.15) is 0 Å². The first kappa shape index (κ1) is 12.5. The van der Waals surface area contributed by atoms with Crippen LogP contribution in [0, 0.1) is 6.92 Å². The van der Waals surface area contributed by atoms with E-state index in [0.29, 0.717) is 5.02 Å². The quantitative estimate of drug-likeness (QED) is 0.886. The van der Waals surface area contributed by atoms with E-state index in [2.05, 4.69) is 32.2 Å². The van der Waals surface area contributed by atoms with Gasteiger partial charge in [-0.1, -0.05) is 25.4 Å². The molecule has 0 aliphatic heterocycles. The molecule has 0 amide bonds. The summed E-state index contributed by atoms with van der Waals surface area (Å²) in [5, 5.41) is 5.16. The van der Waals surface area contributed by atoms with E-state index in [-0.39, 0.29) is 0 Å². The maximum Gasteiger partial charge on any atom is 0.153 e. The number of fused-ring (bicyclic) bond motifs is 1. The SMILES string of the molecule is CCNCc1oc2c(Cl)cc(C)cc2c1CC. The summed E-state index contributed by atoms with van der Waals surface area (Å²) in [6, 6.07) is 4.10. The summed E-state index contributed by atoms with van der Waals surface area (Å²) in [6.45, 7) is 8.00. The van der Waals surface area contributed by atoms with Crippen LogP contribution in [0.25, 0.3) is 11.0 Å². The van der Waals surface area contributed by atoms with E-state index in [9.17, 15) is 0 Å². The Hall–Kier alpha value is -0.990. The van der Waals surface area contributed by atoms with Crippen molar-refractivity contribution < 1.29 is 4.42 Å². The van der Waals surface area contributed by atoms with Crippen molar-refractivity contribution in [3.05, 3.63) is 34.0 Å². The number of hydrogen-bond acceptors (Lipinski definition) is 2. The van der Waals surface area contributed by atoms with Gasteiger partial charge < -0.3 is 9.73 Å². The summed E-state index contributed by atoms with van der Waals surface area (Å²) in [7, 11) is 0. The molecular weight excluding hydrogens is 234 g/mol. The molecule has 17 heavy (non-hydrogen) atoms. The lowest BCUT2D eigenvalue weighted by atomic mass is 10.1. The van der Waals surface area contributed by atoms with Gasteiger partial charge in [-0.05, 0) is 37.6 Å². The summed E-state index contributed by atoms with van der Waals surface area (Å²) in [4.78, 5) is 0. The molecule has 3 heteroatoms. The average Bonchev–Trinajstić information content (AvgIpc) is 2.64. The minimum Gasteiger partial charge on any atom is -0.458 e. The Morgan fingerprint density at radius 1 is 1.29 bits per heavy atom. The maximum absolute atomic E-state index is 6.22. The Bertz CT molecular complexity index is 530. The predicted molar refractivity (Wildman–Crippen MR) is 72.7 cm³/mol. The van der Waals surface area contributed by atoms with Gasteiger partial charge in [0.2, 0.25) is 0 Å². The Kier molecular flexibility index (Phi) is 3.75. The topological polar surface area (TPSA) is 25.2 Å². The third-order valence-electron chi connectivity index (χ3n) is 2.96. The van der Waals surface area contributed by atoms with Crippen molar-refractivity contribution in [1.82, 2.24) is 5.32 Å². The van der Waals surface area contributed by atoms with E-state index in [1.807, 2.05) is 6.07 Å². The van der Waals surface area contributed by atoms with Crippen LogP contribution in [-0.2, 0) is 13.0 Å². The third kappa shape index (κ3) is 2.33. The van der Waals surface area contributed by atoms with Crippen LogP contribution in [0.3, 0.4) is 0 Å². The first-order valence-electron chi connectivity index (χ1n) is 6.08. The fourth-order valence-electron chi connectivity index (χ4n) is 2.16. The van der Waals surface area contributed by atoms with Gasteiger partial charge in [0.25, 0.3) is 0 Å². The van der Waals surface area contributed by atoms with Crippen molar-refractivity contribution in [3.63, 3.8) is 0 Å². The number of nitrogens with one attached hydrogen (secondary N) is 1. The molecule has 0 radical (unpaired) electrons. The van der Waals surface area contributed by atoms with Crippen LogP contribution >= 0.6 is 11.6 Å². The van der Waals surface area contributed by atoms with E-state index < -0.39 is 0 Å². The number of hydrogen-bond donors (Lipinski definition) is 1. The highest BCUT2D eigenvalue weighted by Crippen LogP contribution is 2.32. The molecule has 1 aromatic heterocycles. The molecule has 0 bridgehead atoms.